The van der Waals surface area contributed by atoms with Crippen molar-refractivity contribution >= 4 is 6.29 Å². The molecule has 0 heterocycles. The number of hydrogen-bond donors (Lipinski definition) is 0. The van der Waals surface area contributed by atoms with Crippen molar-refractivity contribution in [1.29, 1.82) is 0 Å². The molecule has 0 aliphatic carbocycles. The summed E-state index contributed by atoms with van der Waals surface area (Å²) < 4.78 is 5.58. The second kappa shape index (κ2) is 7.05. The molecule has 0 amide bonds. The summed E-state index contributed by atoms with van der Waals surface area (Å²) in [6.07, 6.45) is 1.49. The molecule has 19 heavy (non-hydrogen) atoms. The molecule has 0 aromatic heterocycles. The third kappa shape index (κ3) is 3.90. The van der Waals surface area contributed by atoms with Gasteiger partial charge in [0.25, 0.3) is 0 Å². The third-order valence-corrected chi connectivity index (χ3v) is 3.26. The Kier molecular flexibility index (Phi) is 5.71. The van der Waals surface area contributed by atoms with Gasteiger partial charge in [-0.05, 0) is 31.9 Å². The number of ether oxygens (including phenoxy) is 1. The summed E-state index contributed by atoms with van der Waals surface area (Å²) in [6, 6.07) is 7.55. The number of hydrogen-bond acceptors (Lipinski definition) is 2. The lowest BCUT2D eigenvalue weighted by Gasteiger charge is -2.20. The predicted octanol–water partition coefficient (Wildman–Crippen LogP) is 4.49. The van der Waals surface area contributed by atoms with E-state index in [1.807, 2.05) is 31.2 Å². The molecule has 1 atom stereocenters. The maximum atomic E-state index is 11.1. The molecule has 0 saturated heterocycles. The zero-order valence-electron chi connectivity index (χ0n) is 12.2. The van der Waals surface area contributed by atoms with E-state index >= 15 is 0 Å². The number of allylic oxidation sites excluding steroid dienone is 2. The fraction of sp³-hybridized carbons (Fsp3) is 0.353. The quantitative estimate of drug-likeness (QED) is 0.555. The average molecular weight is 258 g/mol. The molecule has 0 bridgehead atoms. The van der Waals surface area contributed by atoms with E-state index < -0.39 is 0 Å². The molecule has 1 rings (SSSR count). The van der Waals surface area contributed by atoms with Crippen LogP contribution >= 0.6 is 0 Å². The van der Waals surface area contributed by atoms with E-state index in [4.69, 9.17) is 4.74 Å². The van der Waals surface area contributed by atoms with Crippen LogP contribution in [0, 0.1) is 0 Å². The summed E-state index contributed by atoms with van der Waals surface area (Å²) in [5.74, 6) is 0. The molecule has 0 radical (unpaired) electrons. The minimum absolute atomic E-state index is 0.122. The van der Waals surface area contributed by atoms with Crippen LogP contribution in [0.1, 0.15) is 49.2 Å². The molecular weight excluding hydrogens is 236 g/mol. The minimum atomic E-state index is -0.122. The van der Waals surface area contributed by atoms with Crippen LogP contribution in [-0.4, -0.2) is 13.4 Å². The van der Waals surface area contributed by atoms with Gasteiger partial charge < -0.3 is 4.74 Å². The number of rotatable bonds is 6. The van der Waals surface area contributed by atoms with Gasteiger partial charge in [0.05, 0.1) is 6.10 Å². The number of methoxy groups -OCH3 is 1. The fourth-order valence-electron chi connectivity index (χ4n) is 2.22. The second-order valence-electron chi connectivity index (χ2n) is 4.93. The second-order valence-corrected chi connectivity index (χ2v) is 4.93. The number of carbonyl (C=O) groups is 1. The van der Waals surface area contributed by atoms with Gasteiger partial charge in [0, 0.05) is 19.1 Å². The van der Waals surface area contributed by atoms with Crippen molar-refractivity contribution < 1.29 is 9.53 Å². The highest BCUT2D eigenvalue weighted by molar-refractivity contribution is 5.77. The molecule has 0 fully saturated rings. The molecule has 0 aliphatic rings. The highest BCUT2D eigenvalue weighted by Crippen LogP contribution is 2.30. The van der Waals surface area contributed by atoms with Gasteiger partial charge in [-0.25, -0.2) is 0 Å². The van der Waals surface area contributed by atoms with E-state index in [-0.39, 0.29) is 6.10 Å². The Morgan fingerprint density at radius 3 is 2.42 bits per heavy atom. The van der Waals surface area contributed by atoms with E-state index in [9.17, 15) is 4.79 Å². The maximum absolute atomic E-state index is 11.1. The molecule has 1 unspecified atom stereocenters. The van der Waals surface area contributed by atoms with Crippen molar-refractivity contribution in [3.05, 3.63) is 58.7 Å². The Morgan fingerprint density at radius 2 is 1.95 bits per heavy atom. The Balaban J connectivity index is 3.11. The van der Waals surface area contributed by atoms with Crippen LogP contribution in [0.2, 0.25) is 0 Å². The first-order chi connectivity index (χ1) is 9.01. The topological polar surface area (TPSA) is 26.3 Å². The molecule has 102 valence electrons. The molecule has 2 heteroatoms. The van der Waals surface area contributed by atoms with Crippen molar-refractivity contribution in [3.63, 3.8) is 0 Å². The van der Waals surface area contributed by atoms with Gasteiger partial charge in [0.15, 0.2) is 0 Å². The molecule has 0 spiro atoms. The first kappa shape index (κ1) is 15.4. The summed E-state index contributed by atoms with van der Waals surface area (Å²) in [5, 5.41) is 0. The Labute approximate surface area is 115 Å². The molecule has 2 nitrogen and oxygen atoms in total. The molecule has 0 saturated carbocycles. The van der Waals surface area contributed by atoms with Crippen LogP contribution in [0.25, 0.3) is 0 Å². The lowest BCUT2D eigenvalue weighted by atomic mass is 9.92. The standard InChI is InChI=1S/C17H22O2/c1-12(2)16(13(3)4)10-17(19-5)15-9-7-6-8-14(15)11-18/h6-9,11,17H,1,10H2,2-5H3. The highest BCUT2D eigenvalue weighted by Gasteiger charge is 2.17. The van der Waals surface area contributed by atoms with Gasteiger partial charge >= 0.3 is 0 Å². The average Bonchev–Trinajstić information content (AvgIpc) is 2.39. The maximum Gasteiger partial charge on any atom is 0.150 e. The number of benzene rings is 1. The van der Waals surface area contributed by atoms with Crippen molar-refractivity contribution in [2.45, 2.75) is 33.3 Å². The van der Waals surface area contributed by atoms with Crippen LogP contribution in [0.3, 0.4) is 0 Å². The first-order valence-electron chi connectivity index (χ1n) is 6.40. The zero-order chi connectivity index (χ0) is 14.4. The van der Waals surface area contributed by atoms with Crippen molar-refractivity contribution in [2.24, 2.45) is 0 Å². The predicted molar refractivity (Wildman–Crippen MR) is 79.4 cm³/mol. The Morgan fingerprint density at radius 1 is 1.32 bits per heavy atom. The van der Waals surface area contributed by atoms with E-state index in [1.165, 1.54) is 11.1 Å². The summed E-state index contributed by atoms with van der Waals surface area (Å²) >= 11 is 0. The van der Waals surface area contributed by atoms with E-state index in [0.717, 1.165) is 23.8 Å². The lowest BCUT2D eigenvalue weighted by molar-refractivity contribution is 0.100. The monoisotopic (exact) mass is 258 g/mol. The van der Waals surface area contributed by atoms with E-state index in [0.29, 0.717) is 5.56 Å². The van der Waals surface area contributed by atoms with Gasteiger partial charge in [-0.2, -0.15) is 0 Å². The molecule has 0 N–H and O–H groups in total. The van der Waals surface area contributed by atoms with Crippen LogP contribution < -0.4 is 0 Å². The zero-order valence-corrected chi connectivity index (χ0v) is 12.2. The van der Waals surface area contributed by atoms with E-state index in [2.05, 4.69) is 20.4 Å². The summed E-state index contributed by atoms with van der Waals surface area (Å²) in [5.41, 5.74) is 5.10. The van der Waals surface area contributed by atoms with Gasteiger partial charge in [0.2, 0.25) is 0 Å². The van der Waals surface area contributed by atoms with Crippen LogP contribution in [0.5, 0.6) is 0 Å². The SMILES string of the molecule is C=C(C)C(CC(OC)c1ccccc1C=O)=C(C)C. The largest absolute Gasteiger partial charge is 0.376 e. The fourth-order valence-corrected chi connectivity index (χ4v) is 2.22. The molecular formula is C17H22O2. The van der Waals surface area contributed by atoms with Crippen molar-refractivity contribution in [2.75, 3.05) is 7.11 Å². The summed E-state index contributed by atoms with van der Waals surface area (Å²) in [6.45, 7) is 10.2. The third-order valence-electron chi connectivity index (χ3n) is 3.26. The van der Waals surface area contributed by atoms with Crippen molar-refractivity contribution in [3.8, 4) is 0 Å². The minimum Gasteiger partial charge on any atom is -0.376 e. The van der Waals surface area contributed by atoms with Crippen LogP contribution in [0.4, 0.5) is 0 Å². The Hall–Kier alpha value is -1.67. The number of carbonyl (C=O) groups excluding carboxylic acids is 1. The van der Waals surface area contributed by atoms with Crippen LogP contribution in [0.15, 0.2) is 47.6 Å². The van der Waals surface area contributed by atoms with Crippen molar-refractivity contribution in [1.82, 2.24) is 0 Å². The smallest absolute Gasteiger partial charge is 0.150 e. The lowest BCUT2D eigenvalue weighted by Crippen LogP contribution is -2.07. The van der Waals surface area contributed by atoms with Gasteiger partial charge in [-0.1, -0.05) is 42.0 Å². The molecule has 0 aliphatic heterocycles. The van der Waals surface area contributed by atoms with Gasteiger partial charge in [-0.15, -0.1) is 0 Å². The normalized spacial score (nSPS) is 11.8. The Bertz CT molecular complexity index is 494. The first-order valence-corrected chi connectivity index (χ1v) is 6.40. The summed E-state index contributed by atoms with van der Waals surface area (Å²) in [7, 11) is 1.67. The molecule has 1 aromatic rings. The van der Waals surface area contributed by atoms with Gasteiger partial charge in [-0.3, -0.25) is 4.79 Å². The number of aldehydes is 1. The summed E-state index contributed by atoms with van der Waals surface area (Å²) in [4.78, 5) is 11.1. The van der Waals surface area contributed by atoms with Crippen LogP contribution in [-0.2, 0) is 4.74 Å². The van der Waals surface area contributed by atoms with Gasteiger partial charge in [0.1, 0.15) is 6.29 Å². The highest BCUT2D eigenvalue weighted by atomic mass is 16.5. The molecule has 1 aromatic carbocycles. The van der Waals surface area contributed by atoms with E-state index in [1.54, 1.807) is 7.11 Å².